The van der Waals surface area contributed by atoms with Crippen molar-refractivity contribution in [2.45, 2.75) is 52.1 Å². The molecule has 156 valence electrons. The van der Waals surface area contributed by atoms with Gasteiger partial charge >= 0.3 is 0 Å². The zero-order valence-corrected chi connectivity index (χ0v) is 18.6. The number of nitrogens with one attached hydrogen (secondary N) is 1. The zero-order valence-electron chi connectivity index (χ0n) is 17.8. The Morgan fingerprint density at radius 1 is 1.10 bits per heavy atom. The fourth-order valence-electron chi connectivity index (χ4n) is 3.68. The lowest BCUT2D eigenvalue weighted by Crippen LogP contribution is -2.50. The normalized spacial score (nSPS) is 17.8. The van der Waals surface area contributed by atoms with Gasteiger partial charge in [-0.1, -0.05) is 87.8 Å². The minimum Gasteiger partial charge on any atom is -0.298 e. The minimum absolute atomic E-state index is 0.117. The van der Waals surface area contributed by atoms with E-state index in [0.717, 1.165) is 28.3 Å². The van der Waals surface area contributed by atoms with Crippen molar-refractivity contribution in [3.63, 3.8) is 0 Å². The van der Waals surface area contributed by atoms with Gasteiger partial charge in [0.15, 0.2) is 11.3 Å². The first-order valence-corrected chi connectivity index (χ1v) is 11.7. The highest BCUT2D eigenvalue weighted by Gasteiger charge is 2.34. The molecule has 0 saturated heterocycles. The van der Waals surface area contributed by atoms with Crippen molar-refractivity contribution in [3.05, 3.63) is 70.2 Å². The molecule has 0 aromatic heterocycles. The molecule has 2 aliphatic heterocycles. The van der Waals surface area contributed by atoms with Crippen molar-refractivity contribution in [1.29, 1.82) is 0 Å². The summed E-state index contributed by atoms with van der Waals surface area (Å²) in [6.45, 7) is 6.56. The van der Waals surface area contributed by atoms with Crippen molar-refractivity contribution in [2.75, 3.05) is 5.75 Å². The maximum absolute atomic E-state index is 13.1. The van der Waals surface area contributed by atoms with E-state index in [1.54, 1.807) is 16.8 Å². The van der Waals surface area contributed by atoms with E-state index in [-0.39, 0.29) is 12.1 Å². The number of amides is 1. The lowest BCUT2D eigenvalue weighted by atomic mass is 10.0. The van der Waals surface area contributed by atoms with Gasteiger partial charge in [0.05, 0.1) is 5.36 Å². The first kappa shape index (κ1) is 20.7. The third kappa shape index (κ3) is 4.15. The Hall–Kier alpha value is -2.60. The standard InChI is InChI=1S/C24H28N4OS/c1-4-5-8-15-30-24-26-23(29)21-19-9-6-7-10-20(19)25-22(28(21)27-24)18-13-11-17(12-14-18)16(2)3/h6-7,9-14,16,22H,4-5,8,15H2,1-3H3,(H,26,27,29)/t22-/m0/s1. The van der Waals surface area contributed by atoms with Crippen molar-refractivity contribution in [1.82, 2.24) is 10.3 Å². The van der Waals surface area contributed by atoms with E-state index in [2.05, 4.69) is 50.4 Å². The number of nitrogens with zero attached hydrogens (tertiary/aromatic N) is 3. The number of fused-ring (bicyclic) bond motifs is 2. The van der Waals surface area contributed by atoms with Gasteiger partial charge in [-0.2, -0.15) is 0 Å². The summed E-state index contributed by atoms with van der Waals surface area (Å²) in [4.78, 5) is 18.0. The monoisotopic (exact) mass is 420 g/mol. The summed E-state index contributed by atoms with van der Waals surface area (Å²) >= 11 is 1.60. The molecule has 0 bridgehead atoms. The number of carbonyl (C=O) groups is 1. The lowest BCUT2D eigenvalue weighted by molar-refractivity contribution is -0.116. The molecule has 4 rings (SSSR count). The average molecular weight is 421 g/mol. The average Bonchev–Trinajstić information content (AvgIpc) is 2.76. The van der Waals surface area contributed by atoms with Crippen LogP contribution in [0.1, 0.15) is 63.2 Å². The van der Waals surface area contributed by atoms with Crippen LogP contribution in [0.2, 0.25) is 0 Å². The van der Waals surface area contributed by atoms with Crippen LogP contribution in [0, 0.1) is 0 Å². The Labute approximate surface area is 182 Å². The van der Waals surface area contributed by atoms with Crippen LogP contribution in [0.3, 0.4) is 0 Å². The molecule has 0 radical (unpaired) electrons. The van der Waals surface area contributed by atoms with Crippen LogP contribution in [0.4, 0.5) is 0 Å². The van der Waals surface area contributed by atoms with E-state index < -0.39 is 0 Å². The van der Waals surface area contributed by atoms with Gasteiger partial charge in [-0.25, -0.2) is 5.01 Å². The Morgan fingerprint density at radius 2 is 1.87 bits per heavy atom. The SMILES string of the molecule is CCCCCSC1=NN2C(=c3ccccc3=N[C@@H]2c2ccc(C(C)C)cc2)C(=O)N1. The van der Waals surface area contributed by atoms with Crippen LogP contribution >= 0.6 is 11.8 Å². The number of hydrazone groups is 1. The number of para-hydroxylation sites is 1. The topological polar surface area (TPSA) is 57.1 Å². The van der Waals surface area contributed by atoms with E-state index in [9.17, 15) is 4.79 Å². The Morgan fingerprint density at radius 3 is 2.60 bits per heavy atom. The third-order valence-electron chi connectivity index (χ3n) is 5.40. The van der Waals surface area contributed by atoms with E-state index in [4.69, 9.17) is 10.1 Å². The molecule has 30 heavy (non-hydrogen) atoms. The predicted octanol–water partition coefficient (Wildman–Crippen LogP) is 3.88. The van der Waals surface area contributed by atoms with Crippen molar-refractivity contribution in [3.8, 4) is 0 Å². The van der Waals surface area contributed by atoms with Crippen LogP contribution in [0.25, 0.3) is 5.70 Å². The smallest absolute Gasteiger partial charge is 0.276 e. The van der Waals surface area contributed by atoms with Crippen LogP contribution in [-0.4, -0.2) is 21.8 Å². The lowest BCUT2D eigenvalue weighted by Gasteiger charge is -2.34. The number of hydrogen-bond donors (Lipinski definition) is 1. The Bertz CT molecular complexity index is 1080. The summed E-state index contributed by atoms with van der Waals surface area (Å²) in [7, 11) is 0. The molecule has 1 atom stereocenters. The molecule has 2 aromatic rings. The van der Waals surface area contributed by atoms with E-state index in [1.165, 1.54) is 18.4 Å². The summed E-state index contributed by atoms with van der Waals surface area (Å²) in [5.74, 6) is 1.29. The van der Waals surface area contributed by atoms with Gasteiger partial charge in [-0.15, -0.1) is 5.10 Å². The molecule has 5 nitrogen and oxygen atoms in total. The number of unbranched alkanes of at least 4 members (excludes halogenated alkanes) is 2. The largest absolute Gasteiger partial charge is 0.298 e. The molecule has 2 heterocycles. The molecule has 1 N–H and O–H groups in total. The Kier molecular flexibility index (Phi) is 6.23. The van der Waals surface area contributed by atoms with Crippen molar-refractivity contribution in [2.24, 2.45) is 10.1 Å². The highest BCUT2D eigenvalue weighted by Crippen LogP contribution is 2.31. The summed E-state index contributed by atoms with van der Waals surface area (Å²) in [5.41, 5.74) is 2.88. The van der Waals surface area contributed by atoms with Gasteiger partial charge in [0, 0.05) is 11.0 Å². The van der Waals surface area contributed by atoms with Crippen LogP contribution in [-0.2, 0) is 4.79 Å². The van der Waals surface area contributed by atoms with E-state index >= 15 is 0 Å². The summed E-state index contributed by atoms with van der Waals surface area (Å²) in [5, 5.41) is 11.9. The zero-order chi connectivity index (χ0) is 21.1. The summed E-state index contributed by atoms with van der Waals surface area (Å²) in [6.07, 6.45) is 3.12. The van der Waals surface area contributed by atoms with E-state index in [0.29, 0.717) is 16.8 Å². The molecular formula is C24H28N4OS. The maximum atomic E-state index is 13.1. The maximum Gasteiger partial charge on any atom is 0.276 e. The molecule has 1 amide bonds. The Balaban J connectivity index is 1.75. The molecule has 0 spiro atoms. The van der Waals surface area contributed by atoms with Gasteiger partial charge in [0.1, 0.15) is 5.70 Å². The molecular weight excluding hydrogens is 392 g/mol. The van der Waals surface area contributed by atoms with Gasteiger partial charge in [-0.05, 0) is 29.5 Å². The fourth-order valence-corrected chi connectivity index (χ4v) is 4.54. The number of rotatable bonds is 6. The molecule has 2 aromatic carbocycles. The van der Waals surface area contributed by atoms with E-state index in [1.807, 2.05) is 24.3 Å². The molecule has 0 aliphatic carbocycles. The number of carbonyl (C=O) groups excluding carboxylic acids is 1. The predicted molar refractivity (Wildman–Crippen MR) is 123 cm³/mol. The number of hydrogen-bond acceptors (Lipinski definition) is 5. The quantitative estimate of drug-likeness (QED) is 0.722. The minimum atomic E-state index is -0.353. The molecule has 6 heteroatoms. The number of thioether (sulfide) groups is 1. The molecule has 2 aliphatic rings. The first-order valence-electron chi connectivity index (χ1n) is 10.7. The van der Waals surface area contributed by atoms with Crippen molar-refractivity contribution < 1.29 is 4.79 Å². The van der Waals surface area contributed by atoms with Gasteiger partial charge in [0.2, 0.25) is 0 Å². The van der Waals surface area contributed by atoms with Crippen LogP contribution in [0.15, 0.2) is 58.6 Å². The second kappa shape index (κ2) is 9.04. The second-order valence-electron chi connectivity index (χ2n) is 7.95. The van der Waals surface area contributed by atoms with Gasteiger partial charge in [0.25, 0.3) is 5.91 Å². The highest BCUT2D eigenvalue weighted by molar-refractivity contribution is 8.13. The van der Waals surface area contributed by atoms with Gasteiger partial charge in [-0.3, -0.25) is 15.1 Å². The number of amidine groups is 1. The summed E-state index contributed by atoms with van der Waals surface area (Å²) in [6, 6.07) is 16.3. The van der Waals surface area contributed by atoms with Crippen LogP contribution < -0.4 is 15.9 Å². The first-order chi connectivity index (χ1) is 14.6. The highest BCUT2D eigenvalue weighted by atomic mass is 32.2. The van der Waals surface area contributed by atoms with Crippen LogP contribution in [0.5, 0.6) is 0 Å². The summed E-state index contributed by atoms with van der Waals surface area (Å²) < 4.78 is 0. The second-order valence-corrected chi connectivity index (χ2v) is 9.03. The molecule has 0 saturated carbocycles. The molecule has 0 unspecified atom stereocenters. The fraction of sp³-hybridized carbons (Fsp3) is 0.375. The third-order valence-corrected chi connectivity index (χ3v) is 6.35. The molecule has 0 fully saturated rings. The van der Waals surface area contributed by atoms with Gasteiger partial charge < -0.3 is 0 Å². The number of benzene rings is 2. The van der Waals surface area contributed by atoms with Crippen molar-refractivity contribution >= 4 is 28.5 Å².